The third-order valence-electron chi connectivity index (χ3n) is 4.36. The van der Waals surface area contributed by atoms with Gasteiger partial charge in [0.25, 0.3) is 0 Å². The summed E-state index contributed by atoms with van der Waals surface area (Å²) < 4.78 is 51.8. The number of sulfone groups is 2. The summed E-state index contributed by atoms with van der Waals surface area (Å²) in [6.07, 6.45) is 11.0. The Labute approximate surface area is 159 Å². The Bertz CT molecular complexity index is 566. The molecule has 0 saturated carbocycles. The highest BCUT2D eigenvalue weighted by atomic mass is 32.2. The van der Waals surface area contributed by atoms with Gasteiger partial charge in [-0.3, -0.25) is 4.79 Å². The van der Waals surface area contributed by atoms with E-state index in [1.54, 1.807) is 0 Å². The van der Waals surface area contributed by atoms with Crippen LogP contribution in [0, 0.1) is 0 Å². The van der Waals surface area contributed by atoms with E-state index in [2.05, 4.69) is 11.7 Å². The van der Waals surface area contributed by atoms with Crippen molar-refractivity contribution < 1.29 is 26.4 Å². The molecule has 0 spiro atoms. The van der Waals surface area contributed by atoms with Crippen LogP contribution >= 0.6 is 0 Å². The molecule has 0 aromatic rings. The number of methoxy groups -OCH3 is 1. The Morgan fingerprint density at radius 2 is 1.08 bits per heavy atom. The Balaban J connectivity index is 3.80. The molecule has 6 nitrogen and oxygen atoms in total. The van der Waals surface area contributed by atoms with Gasteiger partial charge in [-0.15, -0.1) is 0 Å². The van der Waals surface area contributed by atoms with Gasteiger partial charge < -0.3 is 4.74 Å². The standard InChI is InChI=1S/C18H36O6S2/c1-3-4-5-6-7-8-9-10-11-12-14-25(20,21)16-17-26(22,23)15-13-18(19)24-2/h3-17H2,1-2H3. The fourth-order valence-corrected chi connectivity index (χ4v) is 6.17. The number of rotatable bonds is 17. The molecule has 26 heavy (non-hydrogen) atoms. The van der Waals surface area contributed by atoms with Crippen LogP contribution in [0.15, 0.2) is 0 Å². The molecule has 0 aromatic carbocycles. The number of carbonyl (C=O) groups excluding carboxylic acids is 1. The summed E-state index contributed by atoms with van der Waals surface area (Å²) in [5.74, 6) is -1.73. The second-order valence-electron chi connectivity index (χ2n) is 6.81. The fourth-order valence-electron chi connectivity index (χ4n) is 2.61. The maximum absolute atomic E-state index is 12.0. The normalized spacial score (nSPS) is 12.2. The molecule has 156 valence electrons. The van der Waals surface area contributed by atoms with Crippen molar-refractivity contribution in [3.05, 3.63) is 0 Å². The molecule has 0 fully saturated rings. The Kier molecular flexibility index (Phi) is 14.1. The lowest BCUT2D eigenvalue weighted by Crippen LogP contribution is -2.22. The first kappa shape index (κ1) is 25.4. The molecule has 0 aliphatic heterocycles. The van der Waals surface area contributed by atoms with Crippen LogP contribution in [0.4, 0.5) is 0 Å². The zero-order valence-electron chi connectivity index (χ0n) is 16.4. The molecule has 0 aliphatic carbocycles. The van der Waals surface area contributed by atoms with Crippen LogP contribution in [-0.2, 0) is 29.2 Å². The predicted molar refractivity (Wildman–Crippen MR) is 106 cm³/mol. The molecule has 0 bridgehead atoms. The number of ether oxygens (including phenoxy) is 1. The maximum Gasteiger partial charge on any atom is 0.306 e. The summed E-state index contributed by atoms with van der Waals surface area (Å²) in [6, 6.07) is 0. The SMILES string of the molecule is CCCCCCCCCCCCS(=O)(=O)CCS(=O)(=O)CCC(=O)OC. The van der Waals surface area contributed by atoms with Crippen molar-refractivity contribution in [2.45, 2.75) is 77.6 Å². The van der Waals surface area contributed by atoms with Crippen LogP contribution in [0.5, 0.6) is 0 Å². The Morgan fingerprint density at radius 3 is 1.54 bits per heavy atom. The second-order valence-corrected chi connectivity index (χ2v) is 11.4. The monoisotopic (exact) mass is 412 g/mol. The Morgan fingerprint density at radius 1 is 0.654 bits per heavy atom. The summed E-state index contributed by atoms with van der Waals surface area (Å²) >= 11 is 0. The number of hydrogen-bond acceptors (Lipinski definition) is 6. The minimum Gasteiger partial charge on any atom is -0.469 e. The van der Waals surface area contributed by atoms with Gasteiger partial charge in [0.2, 0.25) is 0 Å². The molecule has 0 saturated heterocycles. The van der Waals surface area contributed by atoms with E-state index >= 15 is 0 Å². The average Bonchev–Trinajstić information content (AvgIpc) is 2.60. The predicted octanol–water partition coefficient (Wildman–Crippen LogP) is 3.30. The number of unbranched alkanes of at least 4 members (excludes halogenated alkanes) is 9. The molecule has 0 heterocycles. The summed E-state index contributed by atoms with van der Waals surface area (Å²) in [5.41, 5.74) is 0. The van der Waals surface area contributed by atoms with Crippen molar-refractivity contribution >= 4 is 25.6 Å². The summed E-state index contributed by atoms with van der Waals surface area (Å²) in [4.78, 5) is 11.0. The second kappa shape index (κ2) is 14.4. The maximum atomic E-state index is 12.0. The van der Waals surface area contributed by atoms with Gasteiger partial charge in [-0.05, 0) is 6.42 Å². The molecule has 0 radical (unpaired) electrons. The molecule has 0 aromatic heterocycles. The molecular formula is C18H36O6S2. The van der Waals surface area contributed by atoms with Crippen LogP contribution in [0.2, 0.25) is 0 Å². The van der Waals surface area contributed by atoms with Crippen molar-refractivity contribution in [2.75, 3.05) is 30.1 Å². The van der Waals surface area contributed by atoms with Gasteiger partial charge >= 0.3 is 5.97 Å². The highest BCUT2D eigenvalue weighted by Gasteiger charge is 2.19. The molecular weight excluding hydrogens is 376 g/mol. The largest absolute Gasteiger partial charge is 0.469 e. The summed E-state index contributed by atoms with van der Waals surface area (Å²) in [7, 11) is -5.73. The first-order valence-corrected chi connectivity index (χ1v) is 13.3. The first-order valence-electron chi connectivity index (χ1n) is 9.70. The zero-order chi connectivity index (χ0) is 19.9. The summed E-state index contributed by atoms with van der Waals surface area (Å²) in [5, 5.41) is 0. The van der Waals surface area contributed by atoms with E-state index in [9.17, 15) is 21.6 Å². The third-order valence-corrected chi connectivity index (χ3v) is 8.01. The lowest BCUT2D eigenvalue weighted by molar-refractivity contribution is -0.140. The Hall–Kier alpha value is -0.630. The van der Waals surface area contributed by atoms with Crippen molar-refractivity contribution in [1.29, 1.82) is 0 Å². The van der Waals surface area contributed by atoms with E-state index in [0.717, 1.165) is 19.3 Å². The highest BCUT2D eigenvalue weighted by molar-refractivity contribution is 7.95. The van der Waals surface area contributed by atoms with Crippen LogP contribution in [0.3, 0.4) is 0 Å². The van der Waals surface area contributed by atoms with E-state index < -0.39 is 31.4 Å². The van der Waals surface area contributed by atoms with Crippen molar-refractivity contribution in [3.8, 4) is 0 Å². The lowest BCUT2D eigenvalue weighted by atomic mass is 10.1. The van der Waals surface area contributed by atoms with Gasteiger partial charge in [-0.2, -0.15) is 0 Å². The molecule has 0 atom stereocenters. The van der Waals surface area contributed by atoms with Gasteiger partial charge in [-0.25, -0.2) is 16.8 Å². The van der Waals surface area contributed by atoms with Crippen LogP contribution in [0.25, 0.3) is 0 Å². The molecule has 0 amide bonds. The van der Waals surface area contributed by atoms with Gasteiger partial charge in [0.15, 0.2) is 19.7 Å². The van der Waals surface area contributed by atoms with Crippen molar-refractivity contribution in [3.63, 3.8) is 0 Å². The zero-order valence-corrected chi connectivity index (χ0v) is 18.0. The molecule has 0 unspecified atom stereocenters. The van der Waals surface area contributed by atoms with E-state index in [1.165, 1.54) is 45.6 Å². The molecule has 8 heteroatoms. The third kappa shape index (κ3) is 15.6. The minimum atomic E-state index is -3.55. The minimum absolute atomic E-state index is 0.0377. The van der Waals surface area contributed by atoms with Crippen molar-refractivity contribution in [1.82, 2.24) is 0 Å². The fraction of sp³-hybridized carbons (Fsp3) is 0.944. The van der Waals surface area contributed by atoms with Gasteiger partial charge in [0, 0.05) is 0 Å². The van der Waals surface area contributed by atoms with Crippen molar-refractivity contribution in [2.24, 2.45) is 0 Å². The summed E-state index contributed by atoms with van der Waals surface area (Å²) in [6.45, 7) is 2.20. The van der Waals surface area contributed by atoms with E-state index in [0.29, 0.717) is 6.42 Å². The lowest BCUT2D eigenvalue weighted by Gasteiger charge is -2.06. The molecule has 0 N–H and O–H groups in total. The average molecular weight is 413 g/mol. The number of hydrogen-bond donors (Lipinski definition) is 0. The van der Waals surface area contributed by atoms with Gasteiger partial charge in [0.05, 0.1) is 36.5 Å². The van der Waals surface area contributed by atoms with E-state index in [1.807, 2.05) is 0 Å². The van der Waals surface area contributed by atoms with E-state index in [4.69, 9.17) is 0 Å². The molecule has 0 aliphatic rings. The topological polar surface area (TPSA) is 94.6 Å². The van der Waals surface area contributed by atoms with Crippen LogP contribution in [-0.4, -0.2) is 52.9 Å². The van der Waals surface area contributed by atoms with Crippen LogP contribution in [0.1, 0.15) is 77.6 Å². The first-order chi connectivity index (χ1) is 12.2. The smallest absolute Gasteiger partial charge is 0.306 e. The molecule has 0 rings (SSSR count). The highest BCUT2D eigenvalue weighted by Crippen LogP contribution is 2.11. The number of esters is 1. The van der Waals surface area contributed by atoms with Crippen LogP contribution < -0.4 is 0 Å². The van der Waals surface area contributed by atoms with Gasteiger partial charge in [-0.1, -0.05) is 64.7 Å². The number of carbonyl (C=O) groups is 1. The van der Waals surface area contributed by atoms with Gasteiger partial charge in [0.1, 0.15) is 0 Å². The van der Waals surface area contributed by atoms with E-state index in [-0.39, 0.29) is 23.7 Å². The quantitative estimate of drug-likeness (QED) is 0.269.